The van der Waals surface area contributed by atoms with E-state index in [1.807, 2.05) is 77.6 Å². The van der Waals surface area contributed by atoms with Crippen LogP contribution in [0.3, 0.4) is 0 Å². The van der Waals surface area contributed by atoms with Crippen LogP contribution in [-0.4, -0.2) is 24.9 Å². The highest BCUT2D eigenvalue weighted by Gasteiger charge is 2.33. The maximum absolute atomic E-state index is 13.3. The first-order chi connectivity index (χ1) is 19.5. The average molecular weight is 564 g/mol. The number of thiocarbonyl (C=S) groups is 1. The molecule has 0 bridgehead atoms. The lowest BCUT2D eigenvalue weighted by molar-refractivity contribution is -0.122. The van der Waals surface area contributed by atoms with E-state index in [4.69, 9.17) is 26.5 Å². The molecule has 3 heterocycles. The van der Waals surface area contributed by atoms with E-state index >= 15 is 0 Å². The van der Waals surface area contributed by atoms with Gasteiger partial charge in [0.2, 0.25) is 0 Å². The third-order valence-electron chi connectivity index (χ3n) is 6.47. The van der Waals surface area contributed by atoms with Crippen molar-refractivity contribution in [2.75, 3.05) is 0 Å². The largest absolute Gasteiger partial charge is 0.489 e. The summed E-state index contributed by atoms with van der Waals surface area (Å²) in [4.78, 5) is 15.4. The second-order valence-corrected chi connectivity index (χ2v) is 11.0. The molecule has 6 nitrogen and oxygen atoms in total. The molecule has 198 valence electrons. The van der Waals surface area contributed by atoms with Gasteiger partial charge in [-0.1, -0.05) is 72.0 Å². The maximum atomic E-state index is 13.3. The van der Waals surface area contributed by atoms with E-state index in [0.717, 1.165) is 33.8 Å². The van der Waals surface area contributed by atoms with E-state index in [1.54, 1.807) is 17.2 Å². The Bertz CT molecular complexity index is 1670. The quantitative estimate of drug-likeness (QED) is 0.145. The molecule has 40 heavy (non-hydrogen) atoms. The number of aryl methyl sites for hydroxylation is 1. The first-order valence-corrected chi connectivity index (χ1v) is 14.0. The van der Waals surface area contributed by atoms with Crippen molar-refractivity contribution in [1.29, 1.82) is 0 Å². The molecule has 8 heteroatoms. The van der Waals surface area contributed by atoms with Gasteiger partial charge in [0, 0.05) is 17.3 Å². The predicted molar refractivity (Wildman–Crippen MR) is 162 cm³/mol. The van der Waals surface area contributed by atoms with Crippen molar-refractivity contribution in [2.24, 2.45) is 0 Å². The fourth-order valence-electron chi connectivity index (χ4n) is 4.33. The van der Waals surface area contributed by atoms with Crippen LogP contribution in [0.15, 0.2) is 113 Å². The van der Waals surface area contributed by atoms with E-state index in [0.29, 0.717) is 28.1 Å². The SMILES string of the molecule is Cc1ccc(COc2ccc(-c3nn(-c4ccccc4)cc3/C=C3\SC(=S)N(Cc4ccco4)C3=O)cc2)cc1. The minimum atomic E-state index is -0.148. The number of amides is 1. The summed E-state index contributed by atoms with van der Waals surface area (Å²) in [7, 11) is 0. The standard InChI is InChI=1S/C32H25N3O3S2/c1-22-9-11-23(12-10-22)21-38-27-15-13-24(14-16-27)30-25(19-35(33-30)26-6-3-2-4-7-26)18-29-31(36)34(32(39)40-29)20-28-8-5-17-37-28/h2-19H,20-21H2,1H3/b29-18-. The molecule has 1 aliphatic heterocycles. The molecule has 1 aliphatic rings. The molecule has 5 aromatic rings. The fourth-order valence-corrected chi connectivity index (χ4v) is 5.57. The third kappa shape index (κ3) is 5.64. The highest BCUT2D eigenvalue weighted by Crippen LogP contribution is 2.36. The lowest BCUT2D eigenvalue weighted by Crippen LogP contribution is -2.27. The molecule has 0 unspecified atom stereocenters. The lowest BCUT2D eigenvalue weighted by Gasteiger charge is -2.11. The van der Waals surface area contributed by atoms with Crippen LogP contribution in [0.2, 0.25) is 0 Å². The number of ether oxygens (including phenoxy) is 1. The Balaban J connectivity index is 1.28. The summed E-state index contributed by atoms with van der Waals surface area (Å²) in [5.74, 6) is 1.30. The molecule has 0 aliphatic carbocycles. The normalized spacial score (nSPS) is 14.3. The molecule has 0 atom stereocenters. The van der Waals surface area contributed by atoms with Crippen molar-refractivity contribution < 1.29 is 13.9 Å². The van der Waals surface area contributed by atoms with Crippen LogP contribution < -0.4 is 4.74 Å². The number of hydrogen-bond acceptors (Lipinski definition) is 6. The molecule has 0 spiro atoms. The maximum Gasteiger partial charge on any atom is 0.266 e. The van der Waals surface area contributed by atoms with Gasteiger partial charge in [-0.2, -0.15) is 5.10 Å². The van der Waals surface area contributed by atoms with Gasteiger partial charge in [0.1, 0.15) is 22.4 Å². The number of carbonyl (C=O) groups is 1. The number of rotatable bonds is 8. The second-order valence-electron chi connectivity index (χ2n) is 9.36. The van der Waals surface area contributed by atoms with Gasteiger partial charge in [0.15, 0.2) is 0 Å². The van der Waals surface area contributed by atoms with E-state index in [2.05, 4.69) is 31.2 Å². The molecule has 3 aromatic carbocycles. The van der Waals surface area contributed by atoms with Gasteiger partial charge >= 0.3 is 0 Å². The number of carbonyl (C=O) groups excluding carboxylic acids is 1. The van der Waals surface area contributed by atoms with Gasteiger partial charge in [0.25, 0.3) is 5.91 Å². The van der Waals surface area contributed by atoms with Crippen LogP contribution in [0.4, 0.5) is 0 Å². The predicted octanol–water partition coefficient (Wildman–Crippen LogP) is 7.42. The van der Waals surface area contributed by atoms with Crippen LogP contribution in [0.5, 0.6) is 5.75 Å². The Kier molecular flexibility index (Phi) is 7.35. The number of thioether (sulfide) groups is 1. The summed E-state index contributed by atoms with van der Waals surface area (Å²) in [5.41, 5.74) is 5.74. The molecular formula is C32H25N3O3S2. The van der Waals surface area contributed by atoms with E-state index in [1.165, 1.54) is 17.3 Å². The topological polar surface area (TPSA) is 60.5 Å². The fraction of sp³-hybridized carbons (Fsp3) is 0.0938. The van der Waals surface area contributed by atoms with Crippen molar-refractivity contribution in [3.05, 3.63) is 131 Å². The highest BCUT2D eigenvalue weighted by molar-refractivity contribution is 8.26. The molecule has 2 aromatic heterocycles. The minimum absolute atomic E-state index is 0.148. The summed E-state index contributed by atoms with van der Waals surface area (Å²) < 4.78 is 13.8. The Morgan fingerprint density at radius 2 is 1.75 bits per heavy atom. The van der Waals surface area contributed by atoms with Gasteiger partial charge in [-0.05, 0) is 67.1 Å². The van der Waals surface area contributed by atoms with Crippen LogP contribution >= 0.6 is 24.0 Å². The van der Waals surface area contributed by atoms with Gasteiger partial charge in [0.05, 0.1) is 29.1 Å². The first-order valence-electron chi connectivity index (χ1n) is 12.7. The number of para-hydroxylation sites is 1. The van der Waals surface area contributed by atoms with Gasteiger partial charge in [-0.25, -0.2) is 4.68 Å². The monoisotopic (exact) mass is 563 g/mol. The molecule has 6 rings (SSSR count). The number of hydrogen-bond donors (Lipinski definition) is 0. The average Bonchev–Trinajstić information content (AvgIpc) is 3.71. The van der Waals surface area contributed by atoms with Crippen LogP contribution in [0.1, 0.15) is 22.5 Å². The molecular weight excluding hydrogens is 539 g/mol. The van der Waals surface area contributed by atoms with Crippen molar-refractivity contribution in [1.82, 2.24) is 14.7 Å². The molecule has 0 N–H and O–H groups in total. The molecule has 0 saturated carbocycles. The zero-order valence-corrected chi connectivity index (χ0v) is 23.3. The summed E-state index contributed by atoms with van der Waals surface area (Å²) in [6.45, 7) is 2.86. The number of furan rings is 1. The number of aromatic nitrogens is 2. The van der Waals surface area contributed by atoms with Crippen LogP contribution in [-0.2, 0) is 17.9 Å². The highest BCUT2D eigenvalue weighted by atomic mass is 32.2. The van der Waals surface area contributed by atoms with Crippen LogP contribution in [0.25, 0.3) is 23.0 Å². The molecule has 1 fully saturated rings. The Morgan fingerprint density at radius 3 is 2.48 bits per heavy atom. The first kappa shape index (κ1) is 25.9. The molecule has 1 amide bonds. The van der Waals surface area contributed by atoms with E-state index in [9.17, 15) is 4.79 Å². The van der Waals surface area contributed by atoms with Crippen molar-refractivity contribution >= 4 is 40.3 Å². The molecule has 1 saturated heterocycles. The summed E-state index contributed by atoms with van der Waals surface area (Å²) >= 11 is 6.81. The summed E-state index contributed by atoms with van der Waals surface area (Å²) in [6.07, 6.45) is 5.39. The lowest BCUT2D eigenvalue weighted by atomic mass is 10.1. The third-order valence-corrected chi connectivity index (χ3v) is 7.85. The van der Waals surface area contributed by atoms with Gasteiger partial charge in [-0.3, -0.25) is 9.69 Å². The smallest absolute Gasteiger partial charge is 0.266 e. The molecule has 0 radical (unpaired) electrons. The Morgan fingerprint density at radius 1 is 0.975 bits per heavy atom. The zero-order valence-electron chi connectivity index (χ0n) is 21.7. The Labute approximate surface area is 241 Å². The van der Waals surface area contributed by atoms with Crippen LogP contribution in [0, 0.1) is 6.92 Å². The van der Waals surface area contributed by atoms with E-state index in [-0.39, 0.29) is 5.91 Å². The van der Waals surface area contributed by atoms with Crippen molar-refractivity contribution in [3.8, 4) is 22.7 Å². The second kappa shape index (κ2) is 11.4. The van der Waals surface area contributed by atoms with Crippen molar-refractivity contribution in [2.45, 2.75) is 20.1 Å². The summed E-state index contributed by atoms with van der Waals surface area (Å²) in [6, 6.07) is 29.7. The Hall–Kier alpha value is -4.40. The minimum Gasteiger partial charge on any atom is -0.489 e. The van der Waals surface area contributed by atoms with E-state index < -0.39 is 0 Å². The number of nitrogens with zero attached hydrogens (tertiary/aromatic N) is 3. The van der Waals surface area contributed by atoms with Gasteiger partial charge < -0.3 is 9.15 Å². The zero-order chi connectivity index (χ0) is 27.5. The van der Waals surface area contributed by atoms with Gasteiger partial charge in [-0.15, -0.1) is 0 Å². The number of benzene rings is 3. The summed E-state index contributed by atoms with van der Waals surface area (Å²) in [5, 5.41) is 4.90. The van der Waals surface area contributed by atoms with Crippen molar-refractivity contribution in [3.63, 3.8) is 0 Å².